The molecule has 2 aliphatic heterocycles. The van der Waals surface area contributed by atoms with Crippen molar-refractivity contribution in [2.45, 2.75) is 67.7 Å². The smallest absolute Gasteiger partial charge is 0.242 e. The minimum absolute atomic E-state index is 0.100. The fourth-order valence-corrected chi connectivity index (χ4v) is 7.69. The zero-order valence-corrected chi connectivity index (χ0v) is 18.2. The van der Waals surface area contributed by atoms with Crippen molar-refractivity contribution in [2.24, 2.45) is 0 Å². The number of benzene rings is 1. The van der Waals surface area contributed by atoms with Gasteiger partial charge in [0.25, 0.3) is 0 Å². The highest BCUT2D eigenvalue weighted by Gasteiger charge is 2.39. The number of sulfone groups is 1. The lowest BCUT2D eigenvalue weighted by molar-refractivity contribution is -0.134. The Bertz CT molecular complexity index is 821. The maximum atomic E-state index is 13.5. The van der Waals surface area contributed by atoms with Crippen LogP contribution in [0, 0.1) is 0 Å². The number of amides is 1. The molecule has 0 N–H and O–H groups in total. The highest BCUT2D eigenvalue weighted by molar-refractivity contribution is 8.00. The van der Waals surface area contributed by atoms with Crippen molar-refractivity contribution < 1.29 is 13.2 Å². The Morgan fingerprint density at radius 3 is 2.61 bits per heavy atom. The maximum absolute atomic E-state index is 13.5. The Morgan fingerprint density at radius 1 is 1.14 bits per heavy atom. The lowest BCUT2D eigenvalue weighted by Crippen LogP contribution is -2.51. The molecule has 1 aliphatic carbocycles. The number of thioether (sulfide) groups is 1. The average molecular weight is 423 g/mol. The van der Waals surface area contributed by atoms with Gasteiger partial charge >= 0.3 is 0 Å². The van der Waals surface area contributed by atoms with E-state index >= 15 is 0 Å². The summed E-state index contributed by atoms with van der Waals surface area (Å²) < 4.78 is 24.1. The van der Waals surface area contributed by atoms with Gasteiger partial charge in [0.1, 0.15) is 0 Å². The van der Waals surface area contributed by atoms with Crippen molar-refractivity contribution in [3.63, 3.8) is 0 Å². The predicted octanol–water partition coefficient (Wildman–Crippen LogP) is 3.34. The molecule has 0 bridgehead atoms. The number of carbonyl (C=O) groups excluding carboxylic acids is 1. The number of anilines is 1. The second-order valence-electron chi connectivity index (χ2n) is 8.40. The molecular weight excluding hydrogens is 392 g/mol. The number of hydrogen-bond acceptors (Lipinski definition) is 5. The summed E-state index contributed by atoms with van der Waals surface area (Å²) in [6.45, 7) is 3.44. The number of nitrogens with zero attached hydrogens (tertiary/aromatic N) is 2. The van der Waals surface area contributed by atoms with Crippen LogP contribution in [-0.2, 0) is 14.6 Å². The lowest BCUT2D eigenvalue weighted by atomic mass is 10.1. The van der Waals surface area contributed by atoms with Gasteiger partial charge in [-0.1, -0.05) is 31.9 Å². The molecule has 2 fully saturated rings. The van der Waals surface area contributed by atoms with E-state index < -0.39 is 9.84 Å². The normalized spacial score (nSPS) is 27.4. The molecule has 0 spiro atoms. The summed E-state index contributed by atoms with van der Waals surface area (Å²) in [5.74, 6) is 0.455. The molecule has 0 radical (unpaired) electrons. The molecule has 1 amide bonds. The van der Waals surface area contributed by atoms with Crippen molar-refractivity contribution in [3.8, 4) is 0 Å². The molecule has 2 heterocycles. The predicted molar refractivity (Wildman–Crippen MR) is 115 cm³/mol. The van der Waals surface area contributed by atoms with Crippen molar-refractivity contribution >= 4 is 33.2 Å². The fraction of sp³-hybridized carbons (Fsp3) is 0.667. The molecule has 4 rings (SSSR count). The standard InChI is InChI=1S/C21H30N2O3S2/c1-16-10-12-22(19-8-4-5-9-20(19)27-16)14-21(24)23(17-6-2-3-7-17)18-11-13-28(25,26)15-18/h4-5,8-9,16-18H,2-3,6-7,10-15H2,1H3. The minimum atomic E-state index is -3.01. The van der Waals surface area contributed by atoms with Crippen LogP contribution in [0.3, 0.4) is 0 Å². The van der Waals surface area contributed by atoms with Crippen molar-refractivity contribution in [1.82, 2.24) is 4.90 Å². The Morgan fingerprint density at radius 2 is 1.89 bits per heavy atom. The van der Waals surface area contributed by atoms with Crippen LogP contribution in [0.5, 0.6) is 0 Å². The van der Waals surface area contributed by atoms with E-state index in [0.29, 0.717) is 18.2 Å². The van der Waals surface area contributed by atoms with Crippen LogP contribution in [0.1, 0.15) is 45.4 Å². The van der Waals surface area contributed by atoms with E-state index in [2.05, 4.69) is 30.0 Å². The second kappa shape index (κ2) is 8.27. The Balaban J connectivity index is 1.56. The third-order valence-electron chi connectivity index (χ3n) is 6.27. The van der Waals surface area contributed by atoms with E-state index in [1.165, 1.54) is 4.90 Å². The molecule has 1 saturated carbocycles. The van der Waals surface area contributed by atoms with Gasteiger partial charge in [-0.3, -0.25) is 4.79 Å². The second-order valence-corrected chi connectivity index (χ2v) is 12.1. The van der Waals surface area contributed by atoms with E-state index in [9.17, 15) is 13.2 Å². The van der Waals surface area contributed by atoms with Crippen molar-refractivity contribution in [1.29, 1.82) is 0 Å². The summed E-state index contributed by atoms with van der Waals surface area (Å²) in [6.07, 6.45) is 5.91. The molecule has 154 valence electrons. The first-order chi connectivity index (χ1) is 13.4. The summed E-state index contributed by atoms with van der Waals surface area (Å²) in [5, 5.41) is 0.521. The summed E-state index contributed by atoms with van der Waals surface area (Å²) in [4.78, 5) is 18.9. The maximum Gasteiger partial charge on any atom is 0.242 e. The Labute approximate surface area is 172 Å². The van der Waals surface area contributed by atoms with Gasteiger partial charge in [-0.15, -0.1) is 11.8 Å². The summed E-state index contributed by atoms with van der Waals surface area (Å²) in [5.41, 5.74) is 1.13. The molecule has 5 nitrogen and oxygen atoms in total. The van der Waals surface area contributed by atoms with Gasteiger partial charge in [0, 0.05) is 28.8 Å². The Kier molecular flexibility index (Phi) is 5.93. The summed E-state index contributed by atoms with van der Waals surface area (Å²) in [7, 11) is -3.01. The molecule has 2 unspecified atom stereocenters. The highest BCUT2D eigenvalue weighted by Crippen LogP contribution is 2.37. The van der Waals surface area contributed by atoms with E-state index in [1.54, 1.807) is 0 Å². The van der Waals surface area contributed by atoms with Crippen molar-refractivity contribution in [3.05, 3.63) is 24.3 Å². The molecule has 7 heteroatoms. The fourth-order valence-electron chi connectivity index (χ4n) is 4.84. The van der Waals surface area contributed by atoms with Gasteiger partial charge in [-0.25, -0.2) is 8.42 Å². The molecule has 1 aromatic carbocycles. The summed E-state index contributed by atoms with van der Waals surface area (Å²) in [6, 6.07) is 8.39. The molecule has 3 aliphatic rings. The molecule has 0 aromatic heterocycles. The van der Waals surface area contributed by atoms with Crippen LogP contribution >= 0.6 is 11.8 Å². The van der Waals surface area contributed by atoms with Gasteiger partial charge in [-0.2, -0.15) is 0 Å². The van der Waals surface area contributed by atoms with E-state index in [4.69, 9.17) is 0 Å². The van der Waals surface area contributed by atoms with Crippen LogP contribution < -0.4 is 4.90 Å². The minimum Gasteiger partial charge on any atom is -0.361 e. The molecule has 28 heavy (non-hydrogen) atoms. The molecule has 1 aromatic rings. The first-order valence-electron chi connectivity index (χ1n) is 10.5. The topological polar surface area (TPSA) is 57.7 Å². The zero-order chi connectivity index (χ0) is 19.7. The van der Waals surface area contributed by atoms with Crippen LogP contribution in [0.4, 0.5) is 5.69 Å². The summed E-state index contributed by atoms with van der Waals surface area (Å²) >= 11 is 1.88. The van der Waals surface area contributed by atoms with Crippen LogP contribution in [0.25, 0.3) is 0 Å². The Hall–Kier alpha value is -1.21. The first-order valence-corrected chi connectivity index (χ1v) is 13.2. The van der Waals surface area contributed by atoms with Gasteiger partial charge in [-0.05, 0) is 37.8 Å². The molecular formula is C21H30N2O3S2. The number of carbonyl (C=O) groups is 1. The van der Waals surface area contributed by atoms with Gasteiger partial charge in [0.05, 0.1) is 23.7 Å². The van der Waals surface area contributed by atoms with Crippen molar-refractivity contribution in [2.75, 3.05) is 29.5 Å². The third-order valence-corrected chi connectivity index (χ3v) is 9.26. The number of fused-ring (bicyclic) bond motifs is 1. The molecule has 1 saturated heterocycles. The van der Waals surface area contributed by atoms with E-state index in [1.807, 2.05) is 22.7 Å². The van der Waals surface area contributed by atoms with Gasteiger partial charge < -0.3 is 9.80 Å². The lowest BCUT2D eigenvalue weighted by Gasteiger charge is -2.36. The number of rotatable bonds is 4. The largest absolute Gasteiger partial charge is 0.361 e. The van der Waals surface area contributed by atoms with Gasteiger partial charge in [0.15, 0.2) is 9.84 Å². The van der Waals surface area contributed by atoms with Crippen LogP contribution in [0.15, 0.2) is 29.2 Å². The van der Waals surface area contributed by atoms with Gasteiger partial charge in [0.2, 0.25) is 5.91 Å². The van der Waals surface area contributed by atoms with Crippen LogP contribution in [0.2, 0.25) is 0 Å². The monoisotopic (exact) mass is 422 g/mol. The third kappa shape index (κ3) is 4.35. The number of hydrogen-bond donors (Lipinski definition) is 0. The molecule has 2 atom stereocenters. The number of para-hydroxylation sites is 1. The first kappa shape index (κ1) is 20.1. The quantitative estimate of drug-likeness (QED) is 0.745. The highest BCUT2D eigenvalue weighted by atomic mass is 32.2. The zero-order valence-electron chi connectivity index (χ0n) is 16.5. The van der Waals surface area contributed by atoms with Crippen LogP contribution in [-0.4, -0.2) is 61.2 Å². The average Bonchev–Trinajstić information content (AvgIpc) is 3.26. The SMILES string of the molecule is CC1CCN(CC(=O)N(C2CCCC2)C2CCS(=O)(=O)C2)c2ccccc2S1. The van der Waals surface area contributed by atoms with E-state index in [-0.39, 0.29) is 29.5 Å². The van der Waals surface area contributed by atoms with E-state index in [0.717, 1.165) is 44.3 Å².